The van der Waals surface area contributed by atoms with Gasteiger partial charge in [0.05, 0.1) is 11.4 Å². The normalized spacial score (nSPS) is 12.9. The largest absolute Gasteiger partial charge is 0.228 e. The summed E-state index contributed by atoms with van der Waals surface area (Å²) in [4.78, 5) is 10.4. The van der Waals surface area contributed by atoms with Crippen LogP contribution in [0.5, 0.6) is 0 Å². The molecule has 226 valence electrons. The summed E-state index contributed by atoms with van der Waals surface area (Å²) in [5.74, 6) is 0.767. The lowest BCUT2D eigenvalue weighted by molar-refractivity contribution is 1.03. The van der Waals surface area contributed by atoms with Gasteiger partial charge in [0, 0.05) is 16.7 Å². The third-order valence-corrected chi connectivity index (χ3v) is 9.49. The van der Waals surface area contributed by atoms with Crippen molar-refractivity contribution in [3.8, 4) is 44.8 Å². The molecule has 0 atom stereocenters. The Morgan fingerprint density at radius 1 is 0.396 bits per heavy atom. The molecule has 0 N–H and O–H groups in total. The number of aromatic nitrogens is 2. The number of allylic oxidation sites excluding steroid dienone is 4. The summed E-state index contributed by atoms with van der Waals surface area (Å²) in [7, 11) is 0. The van der Waals surface area contributed by atoms with E-state index in [4.69, 9.17) is 9.97 Å². The average Bonchev–Trinajstić information content (AvgIpc) is 3.17. The highest BCUT2D eigenvalue weighted by Crippen LogP contribution is 2.44. The van der Waals surface area contributed by atoms with Crippen LogP contribution in [-0.4, -0.2) is 9.97 Å². The van der Waals surface area contributed by atoms with Gasteiger partial charge in [0.25, 0.3) is 0 Å². The first-order valence-electron chi connectivity index (χ1n) is 16.7. The second-order valence-electron chi connectivity index (χ2n) is 12.4. The maximum atomic E-state index is 5.29. The Morgan fingerprint density at radius 2 is 0.979 bits per heavy atom. The van der Waals surface area contributed by atoms with Crippen molar-refractivity contribution >= 4 is 37.9 Å². The van der Waals surface area contributed by atoms with Crippen molar-refractivity contribution in [3.05, 3.63) is 176 Å². The predicted molar refractivity (Wildman–Crippen MR) is 203 cm³/mol. The highest BCUT2D eigenvalue weighted by molar-refractivity contribution is 6.21. The van der Waals surface area contributed by atoms with Crippen LogP contribution >= 0.6 is 0 Å². The minimum absolute atomic E-state index is 0.767. The molecule has 1 heterocycles. The van der Waals surface area contributed by atoms with Crippen LogP contribution < -0.4 is 0 Å². The van der Waals surface area contributed by atoms with E-state index in [0.29, 0.717) is 0 Å². The Balaban J connectivity index is 1.25. The van der Waals surface area contributed by atoms with Gasteiger partial charge >= 0.3 is 0 Å². The Morgan fingerprint density at radius 3 is 1.67 bits per heavy atom. The topological polar surface area (TPSA) is 25.8 Å². The summed E-state index contributed by atoms with van der Waals surface area (Å²) in [6.07, 6.45) is 8.69. The van der Waals surface area contributed by atoms with Crippen LogP contribution in [0.1, 0.15) is 18.7 Å². The Hall–Kier alpha value is -6.12. The number of hydrogen-bond acceptors (Lipinski definition) is 2. The van der Waals surface area contributed by atoms with Crippen molar-refractivity contribution in [3.63, 3.8) is 0 Å². The maximum absolute atomic E-state index is 5.29. The van der Waals surface area contributed by atoms with Crippen molar-refractivity contribution in [2.45, 2.75) is 12.8 Å². The standard InChI is InChI=1S/C46H32N2/c1-3-14-33(15-4-1)42-30-43(48-46(47-42)35-16-5-2-6-17-35)45-40-21-11-9-19-38(40)44(39-20-10-12-22-41(39)45)34-26-23-32(24-27-34)37-28-25-31-13-7-8-18-36(31)29-37/h1,3-5,7-30H,2,6H2. The SMILES string of the molecule is C1=CC(c2nc(-c3ccccc3)cc(-c3c4ccccc4c(-c4ccc(-c5ccc6ccccc6c5)cc4)c4ccccc34)n2)=CCC1. The lowest BCUT2D eigenvalue weighted by Crippen LogP contribution is -2.00. The molecule has 0 spiro atoms. The van der Waals surface area contributed by atoms with E-state index in [1.54, 1.807) is 0 Å². The first-order valence-corrected chi connectivity index (χ1v) is 16.7. The smallest absolute Gasteiger partial charge is 0.160 e. The van der Waals surface area contributed by atoms with Crippen LogP contribution in [0.4, 0.5) is 0 Å². The second-order valence-corrected chi connectivity index (χ2v) is 12.4. The number of fused-ring (bicyclic) bond motifs is 3. The molecule has 0 unspecified atom stereocenters. The number of rotatable bonds is 5. The van der Waals surface area contributed by atoms with E-state index >= 15 is 0 Å². The number of hydrogen-bond donors (Lipinski definition) is 0. The Bertz CT molecular complexity index is 2480. The molecule has 0 radical (unpaired) electrons. The van der Waals surface area contributed by atoms with Crippen molar-refractivity contribution in [2.75, 3.05) is 0 Å². The van der Waals surface area contributed by atoms with Crippen LogP contribution in [0.3, 0.4) is 0 Å². The minimum atomic E-state index is 0.767. The van der Waals surface area contributed by atoms with Crippen LogP contribution in [-0.2, 0) is 0 Å². The van der Waals surface area contributed by atoms with Crippen molar-refractivity contribution in [1.29, 1.82) is 0 Å². The summed E-state index contributed by atoms with van der Waals surface area (Å²) >= 11 is 0. The summed E-state index contributed by atoms with van der Waals surface area (Å²) in [6, 6.07) is 54.5. The first-order chi connectivity index (χ1) is 23.8. The summed E-state index contributed by atoms with van der Waals surface area (Å²) in [5.41, 5.74) is 10.0. The Labute approximate surface area is 280 Å². The molecular weight excluding hydrogens is 581 g/mol. The quantitative estimate of drug-likeness (QED) is 0.181. The maximum Gasteiger partial charge on any atom is 0.160 e. The van der Waals surface area contributed by atoms with Gasteiger partial charge in [0.1, 0.15) is 0 Å². The molecule has 7 aromatic carbocycles. The fourth-order valence-corrected chi connectivity index (χ4v) is 7.15. The summed E-state index contributed by atoms with van der Waals surface area (Å²) in [6.45, 7) is 0. The molecule has 1 aromatic heterocycles. The molecule has 9 rings (SSSR count). The molecule has 48 heavy (non-hydrogen) atoms. The Kier molecular flexibility index (Phi) is 6.98. The van der Waals surface area contributed by atoms with Gasteiger partial charge in [0.15, 0.2) is 5.82 Å². The molecule has 0 bridgehead atoms. The fourth-order valence-electron chi connectivity index (χ4n) is 7.15. The van der Waals surface area contributed by atoms with Gasteiger partial charge in [-0.3, -0.25) is 0 Å². The molecule has 2 heteroatoms. The monoisotopic (exact) mass is 612 g/mol. The van der Waals surface area contributed by atoms with Crippen LogP contribution in [0, 0.1) is 0 Å². The van der Waals surface area contributed by atoms with Gasteiger partial charge in [0.2, 0.25) is 0 Å². The highest BCUT2D eigenvalue weighted by Gasteiger charge is 2.20. The highest BCUT2D eigenvalue weighted by atomic mass is 14.9. The zero-order chi connectivity index (χ0) is 31.9. The third-order valence-electron chi connectivity index (χ3n) is 9.49. The summed E-state index contributed by atoms with van der Waals surface area (Å²) in [5, 5.41) is 7.30. The third kappa shape index (κ3) is 4.99. The lowest BCUT2D eigenvalue weighted by Gasteiger charge is -2.18. The number of nitrogens with zero attached hydrogens (tertiary/aromatic N) is 2. The zero-order valence-electron chi connectivity index (χ0n) is 26.5. The van der Waals surface area contributed by atoms with Gasteiger partial charge in [-0.15, -0.1) is 0 Å². The fraction of sp³-hybridized carbons (Fsp3) is 0.0435. The van der Waals surface area contributed by atoms with Gasteiger partial charge < -0.3 is 0 Å². The molecule has 0 amide bonds. The molecule has 1 aliphatic rings. The van der Waals surface area contributed by atoms with E-state index in [9.17, 15) is 0 Å². The number of benzene rings is 7. The van der Waals surface area contributed by atoms with Crippen molar-refractivity contribution < 1.29 is 0 Å². The van der Waals surface area contributed by atoms with Gasteiger partial charge in [-0.1, -0.05) is 158 Å². The molecule has 0 saturated carbocycles. The van der Waals surface area contributed by atoms with E-state index < -0.39 is 0 Å². The van der Waals surface area contributed by atoms with Gasteiger partial charge in [-0.25, -0.2) is 9.97 Å². The van der Waals surface area contributed by atoms with Crippen molar-refractivity contribution in [1.82, 2.24) is 9.97 Å². The van der Waals surface area contributed by atoms with Crippen LogP contribution in [0.15, 0.2) is 170 Å². The van der Waals surface area contributed by atoms with E-state index in [1.165, 1.54) is 54.6 Å². The predicted octanol–water partition coefficient (Wildman–Crippen LogP) is 12.3. The van der Waals surface area contributed by atoms with E-state index in [2.05, 4.69) is 164 Å². The van der Waals surface area contributed by atoms with Gasteiger partial charge in [-0.2, -0.15) is 0 Å². The van der Waals surface area contributed by atoms with E-state index in [-0.39, 0.29) is 0 Å². The molecule has 8 aromatic rings. The summed E-state index contributed by atoms with van der Waals surface area (Å²) < 4.78 is 0. The first kappa shape index (κ1) is 28.1. The minimum Gasteiger partial charge on any atom is -0.228 e. The van der Waals surface area contributed by atoms with E-state index in [1.807, 2.05) is 6.07 Å². The molecule has 0 fully saturated rings. The zero-order valence-corrected chi connectivity index (χ0v) is 26.5. The van der Waals surface area contributed by atoms with E-state index in [0.717, 1.165) is 46.8 Å². The molecule has 2 nitrogen and oxygen atoms in total. The van der Waals surface area contributed by atoms with Crippen LogP contribution in [0.2, 0.25) is 0 Å². The van der Waals surface area contributed by atoms with Crippen molar-refractivity contribution in [2.24, 2.45) is 0 Å². The second kappa shape index (κ2) is 11.9. The molecule has 0 saturated heterocycles. The molecule has 0 aliphatic heterocycles. The molecule has 1 aliphatic carbocycles. The average molecular weight is 613 g/mol. The van der Waals surface area contributed by atoms with Crippen LogP contribution in [0.25, 0.3) is 82.7 Å². The van der Waals surface area contributed by atoms with Gasteiger partial charge in [-0.05, 0) is 79.5 Å². The lowest BCUT2D eigenvalue weighted by atomic mass is 9.86. The molecular formula is C46H32N2.